The van der Waals surface area contributed by atoms with Crippen molar-refractivity contribution in [1.29, 1.82) is 0 Å². The molecule has 23 heavy (non-hydrogen) atoms. The van der Waals surface area contributed by atoms with Crippen LogP contribution in [0.1, 0.15) is 71.1 Å². The lowest BCUT2D eigenvalue weighted by Crippen LogP contribution is -2.17. The molecule has 0 fully saturated rings. The number of unbranched alkanes of at least 4 members (excludes halogenated alkanes) is 9. The Hall–Kier alpha value is -0.910. The summed E-state index contributed by atoms with van der Waals surface area (Å²) >= 11 is 0. The molecule has 1 aromatic rings. The Labute approximate surface area is 141 Å². The van der Waals surface area contributed by atoms with Crippen molar-refractivity contribution in [3.05, 3.63) is 30.3 Å². The standard InChI is InChI=1S/C18H30NO3S/c1-2-3-4-5-6-7-8-9-10-14-17-22-19-23(20,21)18-15-12-11-13-16-18/h11-13,15-16H,2-10,14,17H2,1H3. The molecule has 0 unspecified atom stereocenters. The Bertz CT molecular complexity index is 488. The molecule has 0 aliphatic carbocycles. The van der Waals surface area contributed by atoms with E-state index in [1.165, 1.54) is 63.5 Å². The van der Waals surface area contributed by atoms with Gasteiger partial charge in [-0.1, -0.05) is 82.9 Å². The van der Waals surface area contributed by atoms with Crippen molar-refractivity contribution in [2.75, 3.05) is 6.61 Å². The molecule has 0 aliphatic rings. The number of sulfonamides is 1. The third-order valence-electron chi connectivity index (χ3n) is 3.78. The monoisotopic (exact) mass is 340 g/mol. The van der Waals surface area contributed by atoms with Crippen molar-refractivity contribution >= 4 is 10.0 Å². The van der Waals surface area contributed by atoms with E-state index >= 15 is 0 Å². The molecule has 1 radical (unpaired) electrons. The fourth-order valence-corrected chi connectivity index (χ4v) is 3.20. The van der Waals surface area contributed by atoms with E-state index in [0.29, 0.717) is 6.61 Å². The third-order valence-corrected chi connectivity index (χ3v) is 4.95. The molecule has 1 rings (SSSR count). The largest absolute Gasteiger partial charge is 0.281 e. The molecule has 0 heterocycles. The van der Waals surface area contributed by atoms with Gasteiger partial charge in [0, 0.05) is 4.89 Å². The average molecular weight is 341 g/mol. The van der Waals surface area contributed by atoms with E-state index in [0.717, 1.165) is 12.8 Å². The number of benzene rings is 1. The van der Waals surface area contributed by atoms with Crippen LogP contribution in [-0.2, 0) is 14.9 Å². The number of hydrogen-bond acceptors (Lipinski definition) is 3. The number of nitrogens with zero attached hydrogens (tertiary/aromatic N) is 1. The van der Waals surface area contributed by atoms with E-state index < -0.39 is 10.0 Å². The first kappa shape index (κ1) is 20.1. The fraction of sp³-hybridized carbons (Fsp3) is 0.667. The van der Waals surface area contributed by atoms with Gasteiger partial charge in [-0.15, -0.1) is 0 Å². The van der Waals surface area contributed by atoms with E-state index in [9.17, 15) is 8.42 Å². The molecule has 1 aromatic carbocycles. The topological polar surface area (TPSA) is 57.5 Å². The van der Waals surface area contributed by atoms with E-state index in [2.05, 4.69) is 11.8 Å². The van der Waals surface area contributed by atoms with Gasteiger partial charge in [0.05, 0.1) is 11.5 Å². The molecule has 4 nitrogen and oxygen atoms in total. The first-order valence-electron chi connectivity index (χ1n) is 8.81. The fourth-order valence-electron chi connectivity index (χ4n) is 2.40. The highest BCUT2D eigenvalue weighted by Gasteiger charge is 2.15. The number of hydrogen-bond donors (Lipinski definition) is 0. The summed E-state index contributed by atoms with van der Waals surface area (Å²) in [5.74, 6) is 0. The molecule has 131 valence electrons. The van der Waals surface area contributed by atoms with Crippen LogP contribution >= 0.6 is 0 Å². The van der Waals surface area contributed by atoms with E-state index in [1.807, 2.05) is 0 Å². The van der Waals surface area contributed by atoms with Crippen molar-refractivity contribution in [2.45, 2.75) is 76.0 Å². The Morgan fingerprint density at radius 3 is 1.91 bits per heavy atom. The molecule has 0 N–H and O–H groups in total. The smallest absolute Gasteiger partial charge is 0.267 e. The van der Waals surface area contributed by atoms with Gasteiger partial charge in [-0.05, 0) is 18.6 Å². The lowest BCUT2D eigenvalue weighted by molar-refractivity contribution is 0.0828. The maximum atomic E-state index is 11.8. The summed E-state index contributed by atoms with van der Waals surface area (Å²) in [6, 6.07) is 8.14. The molecule has 5 heteroatoms. The molecule has 0 saturated carbocycles. The zero-order valence-corrected chi connectivity index (χ0v) is 15.1. The highest BCUT2D eigenvalue weighted by atomic mass is 32.2. The van der Waals surface area contributed by atoms with Crippen molar-refractivity contribution in [3.63, 3.8) is 0 Å². The summed E-state index contributed by atoms with van der Waals surface area (Å²) in [6.07, 6.45) is 12.4. The summed E-state index contributed by atoms with van der Waals surface area (Å²) in [6.45, 7) is 2.60. The molecule has 0 bridgehead atoms. The Morgan fingerprint density at radius 2 is 1.35 bits per heavy atom. The van der Waals surface area contributed by atoms with Gasteiger partial charge in [0.25, 0.3) is 10.0 Å². The molecule has 0 aromatic heterocycles. The molecule has 0 aliphatic heterocycles. The van der Waals surface area contributed by atoms with Crippen molar-refractivity contribution in [3.8, 4) is 0 Å². The van der Waals surface area contributed by atoms with E-state index in [-0.39, 0.29) is 4.90 Å². The molecular weight excluding hydrogens is 310 g/mol. The van der Waals surface area contributed by atoms with Crippen LogP contribution in [0, 0.1) is 0 Å². The van der Waals surface area contributed by atoms with Gasteiger partial charge in [-0.3, -0.25) is 4.84 Å². The maximum Gasteiger partial charge on any atom is 0.281 e. The second-order valence-corrected chi connectivity index (χ2v) is 7.45. The summed E-state index contributed by atoms with van der Waals surface area (Å²) in [5.41, 5.74) is 0. The summed E-state index contributed by atoms with van der Waals surface area (Å²) < 4.78 is 23.6. The van der Waals surface area contributed by atoms with Crippen LogP contribution in [0.4, 0.5) is 0 Å². The van der Waals surface area contributed by atoms with Gasteiger partial charge in [0.15, 0.2) is 0 Å². The van der Waals surface area contributed by atoms with Gasteiger partial charge in [0.1, 0.15) is 0 Å². The van der Waals surface area contributed by atoms with Crippen LogP contribution in [-0.4, -0.2) is 15.0 Å². The second-order valence-electron chi connectivity index (χ2n) is 5.88. The Kier molecular flexibility index (Phi) is 10.9. The zero-order valence-electron chi connectivity index (χ0n) is 14.2. The summed E-state index contributed by atoms with van der Waals surface area (Å²) in [5, 5.41) is 0. The minimum Gasteiger partial charge on any atom is -0.267 e. The van der Waals surface area contributed by atoms with Gasteiger partial charge >= 0.3 is 0 Å². The van der Waals surface area contributed by atoms with Crippen LogP contribution in [0.2, 0.25) is 0 Å². The lowest BCUT2D eigenvalue weighted by Gasteiger charge is -2.04. The normalized spacial score (nSPS) is 11.7. The van der Waals surface area contributed by atoms with Crippen molar-refractivity contribution in [2.24, 2.45) is 0 Å². The van der Waals surface area contributed by atoms with Crippen molar-refractivity contribution < 1.29 is 13.3 Å². The van der Waals surface area contributed by atoms with Gasteiger partial charge in [-0.25, -0.2) is 8.42 Å². The van der Waals surface area contributed by atoms with Gasteiger partial charge in [-0.2, -0.15) is 0 Å². The molecular formula is C18H30NO3S. The minimum absolute atomic E-state index is 0.170. The minimum atomic E-state index is -3.67. The molecule has 0 amide bonds. The van der Waals surface area contributed by atoms with Crippen LogP contribution in [0.3, 0.4) is 0 Å². The van der Waals surface area contributed by atoms with Crippen LogP contribution < -0.4 is 4.89 Å². The van der Waals surface area contributed by atoms with Crippen LogP contribution in [0.25, 0.3) is 0 Å². The summed E-state index contributed by atoms with van der Waals surface area (Å²) in [7, 11) is -3.67. The molecule has 0 saturated heterocycles. The van der Waals surface area contributed by atoms with E-state index in [1.54, 1.807) is 18.2 Å². The average Bonchev–Trinajstić information content (AvgIpc) is 2.56. The SMILES string of the molecule is CCCCCCCCCCCCO[N]S(=O)(=O)c1ccccc1. The van der Waals surface area contributed by atoms with Crippen LogP contribution in [0.15, 0.2) is 35.2 Å². The highest BCUT2D eigenvalue weighted by molar-refractivity contribution is 7.89. The highest BCUT2D eigenvalue weighted by Crippen LogP contribution is 2.11. The quantitative estimate of drug-likeness (QED) is 0.360. The predicted molar refractivity (Wildman–Crippen MR) is 93.6 cm³/mol. The second kappa shape index (κ2) is 12.5. The summed E-state index contributed by atoms with van der Waals surface area (Å²) in [4.78, 5) is 8.51. The van der Waals surface area contributed by atoms with E-state index in [4.69, 9.17) is 4.84 Å². The molecule has 0 atom stereocenters. The lowest BCUT2D eigenvalue weighted by atomic mass is 10.1. The number of rotatable bonds is 14. The zero-order chi connectivity index (χ0) is 16.8. The van der Waals surface area contributed by atoms with Gasteiger partial charge < -0.3 is 0 Å². The predicted octanol–water partition coefficient (Wildman–Crippen LogP) is 4.83. The van der Waals surface area contributed by atoms with Gasteiger partial charge in [0.2, 0.25) is 0 Å². The van der Waals surface area contributed by atoms with Crippen molar-refractivity contribution in [1.82, 2.24) is 4.89 Å². The Morgan fingerprint density at radius 1 is 0.826 bits per heavy atom. The Balaban J connectivity index is 1.96. The first-order chi connectivity index (χ1) is 11.2. The maximum absolute atomic E-state index is 11.8. The first-order valence-corrected chi connectivity index (χ1v) is 10.2. The van der Waals surface area contributed by atoms with Crippen LogP contribution in [0.5, 0.6) is 0 Å². The molecule has 0 spiro atoms. The third kappa shape index (κ3) is 9.74.